The molecule has 27 aromatic rings. The Kier molecular flexibility index (Phi) is 18.0. The second-order valence-corrected chi connectivity index (χ2v) is 34.0. The molecule has 0 radical (unpaired) electrons. The number of nitrogens with zero attached hydrogens (tertiary/aromatic N) is 3. The number of rotatable bonds is 9. The van der Waals surface area contributed by atoms with Gasteiger partial charge in [-0.25, -0.2) is 0 Å². The number of fused-ring (bicyclic) bond motifs is 18. The van der Waals surface area contributed by atoms with Crippen molar-refractivity contribution in [1.82, 2.24) is 13.7 Å². The summed E-state index contributed by atoms with van der Waals surface area (Å²) < 4.78 is 7.26. The van der Waals surface area contributed by atoms with Gasteiger partial charge in [-0.3, -0.25) is 0 Å². The van der Waals surface area contributed by atoms with Crippen molar-refractivity contribution in [3.63, 3.8) is 0 Å². The first-order chi connectivity index (χ1) is 64.0. The summed E-state index contributed by atoms with van der Waals surface area (Å²) in [5.74, 6) is 0. The topological polar surface area (TPSA) is 14.8 Å². The Morgan fingerprint density at radius 2 is 0.333 bits per heavy atom. The van der Waals surface area contributed by atoms with Gasteiger partial charge in [0.25, 0.3) is 0 Å². The van der Waals surface area contributed by atoms with Gasteiger partial charge in [0.1, 0.15) is 0 Å². The molecule has 0 spiro atoms. The van der Waals surface area contributed by atoms with Gasteiger partial charge in [0.05, 0.1) is 33.1 Å². The summed E-state index contributed by atoms with van der Waals surface area (Å²) in [5, 5.41) is 30.4. The van der Waals surface area contributed by atoms with E-state index in [-0.39, 0.29) is 0 Å². The Balaban J connectivity index is 0.000000105. The van der Waals surface area contributed by atoms with Crippen molar-refractivity contribution in [2.24, 2.45) is 0 Å². The predicted molar refractivity (Wildman–Crippen MR) is 553 cm³/mol. The molecule has 0 saturated heterocycles. The third-order valence-electron chi connectivity index (χ3n) is 26.8. The van der Waals surface area contributed by atoms with Gasteiger partial charge in [0, 0.05) is 49.4 Å². The van der Waals surface area contributed by atoms with E-state index in [1.165, 1.54) is 246 Å². The van der Waals surface area contributed by atoms with Gasteiger partial charge in [-0.2, -0.15) is 0 Å². The van der Waals surface area contributed by atoms with Gasteiger partial charge >= 0.3 is 0 Å². The highest BCUT2D eigenvalue weighted by atomic mass is 15.0. The van der Waals surface area contributed by atoms with Crippen LogP contribution in [0.1, 0.15) is 0 Å². The molecule has 3 aromatic heterocycles. The maximum absolute atomic E-state index is 2.45. The predicted octanol–water partition coefficient (Wildman–Crippen LogP) is 34.7. The highest BCUT2D eigenvalue weighted by molar-refractivity contribution is 6.27. The molecule has 0 amide bonds. The van der Waals surface area contributed by atoms with Crippen molar-refractivity contribution < 1.29 is 0 Å². The van der Waals surface area contributed by atoms with E-state index in [0.29, 0.717) is 0 Å². The summed E-state index contributed by atoms with van der Waals surface area (Å²) in [6, 6.07) is 179. The van der Waals surface area contributed by atoms with Crippen LogP contribution in [-0.2, 0) is 0 Å². The van der Waals surface area contributed by atoms with Crippen LogP contribution in [0.5, 0.6) is 0 Å². The normalized spacial score (nSPS) is 11.7. The largest absolute Gasteiger partial charge is 0.309 e. The summed E-state index contributed by atoms with van der Waals surface area (Å²) in [6.07, 6.45) is 0. The Morgan fingerprint density at radius 3 is 0.713 bits per heavy atom. The molecule has 3 heterocycles. The van der Waals surface area contributed by atoms with Crippen molar-refractivity contribution in [2.75, 3.05) is 0 Å². The van der Waals surface area contributed by atoms with Crippen molar-refractivity contribution in [1.29, 1.82) is 0 Å². The fraction of sp³-hybridized carbons (Fsp3) is 0. The first-order valence-electron chi connectivity index (χ1n) is 44.6. The van der Waals surface area contributed by atoms with E-state index < -0.39 is 0 Å². The minimum atomic E-state index is 1.18. The van der Waals surface area contributed by atoms with E-state index in [0.717, 1.165) is 0 Å². The second kappa shape index (κ2) is 31.1. The van der Waals surface area contributed by atoms with Gasteiger partial charge in [-0.1, -0.05) is 400 Å². The number of para-hydroxylation sites is 3. The summed E-state index contributed by atoms with van der Waals surface area (Å²) in [4.78, 5) is 0. The molecule has 0 aliphatic heterocycles. The standard InChI is InChI=1S/C46H29N.C42H27N.C38H25N/c1-2-13-31(14-3-1)45-37-18-8-10-20-39(37)46(40-21-11-9-19-38(40)45)35-23-25-43-41(28-35)42-27-33-16-6-7-17-34(33)29-44(42)47(43)36-24-22-30-12-4-5-15-32(30)26-36;1-2-13-29(14-3-1)41-34-17-6-8-19-36(34)42(37-20-9-7-18-35(37)41)31-23-25-40-38(27-31)33-16-10-11-21-39(33)43(40)32-24-22-28-12-4-5-15-30(28)26-32;1-3-13-26(14-4-1)37-31-18-7-9-20-33(31)38(34-21-10-8-19-32(34)37)27-23-24-30-29-17-11-12-22-35(29)39(36(30)25-27)28-15-5-2-6-16-28/h1-29H;1-27H;1-25H. The fourth-order valence-electron chi connectivity index (χ4n) is 21.2. The summed E-state index contributed by atoms with van der Waals surface area (Å²) in [7, 11) is 0. The zero-order chi connectivity index (χ0) is 85.0. The monoisotopic (exact) mass is 1640 g/mol. The van der Waals surface area contributed by atoms with Crippen molar-refractivity contribution >= 4 is 162 Å². The maximum atomic E-state index is 2.45. The van der Waals surface area contributed by atoms with Crippen LogP contribution in [0.2, 0.25) is 0 Å². The maximum Gasteiger partial charge on any atom is 0.0547 e. The molecule has 0 N–H and O–H groups in total. The number of benzene rings is 24. The fourth-order valence-corrected chi connectivity index (χ4v) is 21.2. The Hall–Kier alpha value is -17.0. The highest BCUT2D eigenvalue weighted by Gasteiger charge is 2.25. The summed E-state index contributed by atoms with van der Waals surface area (Å²) in [5.41, 5.74) is 26.0. The number of aromatic nitrogens is 3. The molecule has 0 atom stereocenters. The van der Waals surface area contributed by atoms with Crippen LogP contribution < -0.4 is 0 Å². The van der Waals surface area contributed by atoms with Crippen LogP contribution in [0.4, 0.5) is 0 Å². The minimum absolute atomic E-state index is 1.18. The third kappa shape index (κ3) is 12.5. The molecule has 0 unspecified atom stereocenters. The average molecular weight is 1640 g/mol. The molecule has 0 aliphatic carbocycles. The van der Waals surface area contributed by atoms with Crippen LogP contribution in [0.25, 0.3) is 246 Å². The van der Waals surface area contributed by atoms with Crippen molar-refractivity contribution in [2.45, 2.75) is 0 Å². The summed E-state index contributed by atoms with van der Waals surface area (Å²) >= 11 is 0. The van der Waals surface area contributed by atoms with Crippen molar-refractivity contribution in [3.8, 4) is 83.8 Å². The van der Waals surface area contributed by atoms with Crippen LogP contribution in [-0.4, -0.2) is 13.7 Å². The lowest BCUT2D eigenvalue weighted by molar-refractivity contribution is 1.18. The van der Waals surface area contributed by atoms with Gasteiger partial charge in [0.15, 0.2) is 0 Å². The van der Waals surface area contributed by atoms with E-state index in [9.17, 15) is 0 Å². The first-order valence-corrected chi connectivity index (χ1v) is 44.6. The van der Waals surface area contributed by atoms with E-state index in [4.69, 9.17) is 0 Å². The lowest BCUT2D eigenvalue weighted by atomic mass is 9.86. The van der Waals surface area contributed by atoms with Crippen molar-refractivity contribution in [3.05, 3.63) is 491 Å². The van der Waals surface area contributed by atoms with Crippen LogP contribution >= 0.6 is 0 Å². The second-order valence-electron chi connectivity index (χ2n) is 34.0. The average Bonchev–Trinajstić information content (AvgIpc) is 1.62. The van der Waals surface area contributed by atoms with Crippen LogP contribution in [0, 0.1) is 0 Å². The molecule has 3 heteroatoms. The van der Waals surface area contributed by atoms with E-state index in [2.05, 4.69) is 505 Å². The molecule has 3 nitrogen and oxygen atoms in total. The molecule has 600 valence electrons. The quantitative estimate of drug-likeness (QED) is 0.128. The highest BCUT2D eigenvalue weighted by Crippen LogP contribution is 2.51. The van der Waals surface area contributed by atoms with Gasteiger partial charge in [0.2, 0.25) is 0 Å². The van der Waals surface area contributed by atoms with E-state index >= 15 is 0 Å². The van der Waals surface area contributed by atoms with E-state index in [1.54, 1.807) is 0 Å². The molecule has 0 aliphatic rings. The zero-order valence-electron chi connectivity index (χ0n) is 70.6. The lowest BCUT2D eigenvalue weighted by Gasteiger charge is -2.18. The summed E-state index contributed by atoms with van der Waals surface area (Å²) in [6.45, 7) is 0. The molecule has 0 fully saturated rings. The lowest BCUT2D eigenvalue weighted by Crippen LogP contribution is -1.94. The molecular formula is C126H81N3. The zero-order valence-corrected chi connectivity index (χ0v) is 70.6. The number of hydrogen-bond acceptors (Lipinski definition) is 0. The molecular weight excluding hydrogens is 1560 g/mol. The number of hydrogen-bond donors (Lipinski definition) is 0. The van der Waals surface area contributed by atoms with E-state index in [1.807, 2.05) is 0 Å². The minimum Gasteiger partial charge on any atom is -0.309 e. The smallest absolute Gasteiger partial charge is 0.0547 e. The molecule has 27 rings (SSSR count). The first kappa shape index (κ1) is 74.6. The molecule has 24 aromatic carbocycles. The Labute approximate surface area is 746 Å². The molecule has 0 saturated carbocycles. The Bertz CT molecular complexity index is 9000. The van der Waals surface area contributed by atoms with Crippen LogP contribution in [0.15, 0.2) is 491 Å². The van der Waals surface area contributed by atoms with Gasteiger partial charge in [-0.15, -0.1) is 0 Å². The Morgan fingerprint density at radius 1 is 0.101 bits per heavy atom. The van der Waals surface area contributed by atoms with Crippen LogP contribution in [0.3, 0.4) is 0 Å². The molecule has 0 bridgehead atoms. The van der Waals surface area contributed by atoms with Gasteiger partial charge < -0.3 is 13.7 Å². The third-order valence-corrected chi connectivity index (χ3v) is 26.8. The molecule has 129 heavy (non-hydrogen) atoms. The van der Waals surface area contributed by atoms with Gasteiger partial charge in [-0.05, 0) is 255 Å². The SMILES string of the molecule is c1ccc(-c2c3ccccc3c(-c3ccc4c(c3)c3cc5ccccc5cc3n4-c3ccc4ccccc4c3)c3ccccc23)cc1.c1ccc(-c2c3ccccc3c(-c3ccc4c(c3)c3ccccc3n4-c3ccc4ccccc4c3)c3ccccc23)cc1.c1ccc(-c2c3ccccc3c(-c3ccc4c5ccccc5n(-c5ccccc5)c4c3)c3ccccc23)cc1.